The van der Waals surface area contributed by atoms with E-state index in [0.717, 1.165) is 12.6 Å². The summed E-state index contributed by atoms with van der Waals surface area (Å²) in [6.45, 7) is 3.55. The zero-order valence-electron chi connectivity index (χ0n) is 8.85. The van der Waals surface area contributed by atoms with Crippen molar-refractivity contribution < 1.29 is 0 Å². The minimum atomic E-state index is 0.576. The predicted molar refractivity (Wildman–Crippen MR) is 62.1 cm³/mol. The molecule has 0 radical (unpaired) electrons. The number of nitrogens with zero attached hydrogens (tertiary/aromatic N) is 2. The van der Waals surface area contributed by atoms with Crippen LogP contribution in [-0.2, 0) is 0 Å². The van der Waals surface area contributed by atoms with Crippen molar-refractivity contribution in [2.24, 2.45) is 0 Å². The lowest BCUT2D eigenvalue weighted by molar-refractivity contribution is 0.194. The highest BCUT2D eigenvalue weighted by atomic mass is 32.1. The Morgan fingerprint density at radius 1 is 1.47 bits per heavy atom. The zero-order valence-corrected chi connectivity index (χ0v) is 9.67. The Bertz CT molecular complexity index is 312. The molecule has 82 valence electrons. The van der Waals surface area contributed by atoms with Crippen molar-refractivity contribution in [3.05, 3.63) is 16.6 Å². The van der Waals surface area contributed by atoms with Gasteiger partial charge in [-0.2, -0.15) is 0 Å². The molecule has 0 saturated carbocycles. The number of hydrogen-bond acceptors (Lipinski definition) is 4. The van der Waals surface area contributed by atoms with E-state index in [9.17, 15) is 0 Å². The minimum Gasteiger partial charge on any atom is -0.315 e. The Morgan fingerprint density at radius 2 is 2.47 bits per heavy atom. The summed E-state index contributed by atoms with van der Waals surface area (Å²) in [5.41, 5.74) is 1.95. The van der Waals surface area contributed by atoms with Crippen molar-refractivity contribution in [2.45, 2.75) is 31.3 Å². The lowest BCUT2D eigenvalue weighted by Gasteiger charge is -2.29. The number of nitrogens with one attached hydrogen (secondary N) is 1. The maximum absolute atomic E-state index is 4.21. The van der Waals surface area contributed by atoms with Crippen molar-refractivity contribution >= 4 is 11.3 Å². The summed E-state index contributed by atoms with van der Waals surface area (Å²) >= 11 is 1.79. The van der Waals surface area contributed by atoms with Gasteiger partial charge >= 0.3 is 0 Å². The van der Waals surface area contributed by atoms with Gasteiger partial charge in [0.15, 0.2) is 0 Å². The zero-order chi connectivity index (χ0) is 10.1. The van der Waals surface area contributed by atoms with Gasteiger partial charge in [-0.25, -0.2) is 0 Å². The third-order valence-corrected chi connectivity index (χ3v) is 4.47. The van der Waals surface area contributed by atoms with Crippen LogP contribution in [0.15, 0.2) is 11.7 Å². The topological polar surface area (TPSA) is 28.2 Å². The van der Waals surface area contributed by atoms with Gasteiger partial charge in [0.1, 0.15) is 0 Å². The second-order valence-corrected chi connectivity index (χ2v) is 5.36. The third-order valence-electron chi connectivity index (χ3n) is 3.59. The van der Waals surface area contributed by atoms with Crippen molar-refractivity contribution in [2.75, 3.05) is 19.6 Å². The molecule has 0 aromatic carbocycles. The van der Waals surface area contributed by atoms with E-state index in [0.29, 0.717) is 6.04 Å². The fourth-order valence-corrected chi connectivity index (χ4v) is 3.60. The van der Waals surface area contributed by atoms with Gasteiger partial charge in [-0.15, -0.1) is 11.3 Å². The normalized spacial score (nSPS) is 32.5. The van der Waals surface area contributed by atoms with Gasteiger partial charge in [0.25, 0.3) is 0 Å². The molecule has 0 bridgehead atoms. The first kappa shape index (κ1) is 9.75. The highest BCUT2D eigenvalue weighted by Gasteiger charge is 2.33. The fraction of sp³-hybridized carbons (Fsp3) is 0.727. The monoisotopic (exact) mass is 223 g/mol. The third kappa shape index (κ3) is 1.82. The molecule has 1 aromatic heterocycles. The minimum absolute atomic E-state index is 0.576. The molecule has 3 nitrogen and oxygen atoms in total. The lowest BCUT2D eigenvalue weighted by atomic mass is 10.1. The largest absolute Gasteiger partial charge is 0.315 e. The van der Waals surface area contributed by atoms with Crippen molar-refractivity contribution in [1.82, 2.24) is 15.2 Å². The first-order valence-corrected chi connectivity index (χ1v) is 6.68. The summed E-state index contributed by atoms with van der Waals surface area (Å²) in [5.74, 6) is 0. The molecule has 2 atom stereocenters. The predicted octanol–water partition coefficient (Wildman–Crippen LogP) is 1.64. The first-order chi connectivity index (χ1) is 7.45. The Labute approximate surface area is 94.5 Å². The van der Waals surface area contributed by atoms with E-state index in [4.69, 9.17) is 0 Å². The summed E-state index contributed by atoms with van der Waals surface area (Å²) in [6, 6.07) is 1.39. The summed E-state index contributed by atoms with van der Waals surface area (Å²) in [6.07, 6.45) is 6.12. The Hall–Kier alpha value is -0.450. The second-order valence-electron chi connectivity index (χ2n) is 4.45. The molecule has 2 fully saturated rings. The molecule has 0 spiro atoms. The van der Waals surface area contributed by atoms with Crippen LogP contribution < -0.4 is 5.32 Å². The van der Waals surface area contributed by atoms with Crippen LogP contribution in [0.2, 0.25) is 0 Å². The number of rotatable bonds is 1. The maximum Gasteiger partial charge on any atom is 0.0794 e. The Morgan fingerprint density at radius 3 is 3.33 bits per heavy atom. The molecule has 2 saturated heterocycles. The van der Waals surface area contributed by atoms with Crippen LogP contribution in [-0.4, -0.2) is 35.6 Å². The van der Waals surface area contributed by atoms with Gasteiger partial charge in [-0.3, -0.25) is 9.88 Å². The molecule has 1 aromatic rings. The van der Waals surface area contributed by atoms with Gasteiger partial charge in [-0.05, 0) is 32.4 Å². The molecule has 0 aliphatic carbocycles. The molecule has 2 aliphatic heterocycles. The number of hydrogen-bond donors (Lipinski definition) is 1. The van der Waals surface area contributed by atoms with E-state index in [1.165, 1.54) is 37.2 Å². The second kappa shape index (κ2) is 4.20. The molecular weight excluding hydrogens is 206 g/mol. The summed E-state index contributed by atoms with van der Waals surface area (Å²) < 4.78 is 0. The molecule has 2 aliphatic rings. The smallest absolute Gasteiger partial charge is 0.0794 e. The SMILES string of the molecule is c1ncc(C2CNCCC3CCCN32)s1. The van der Waals surface area contributed by atoms with E-state index in [1.807, 2.05) is 11.7 Å². The average molecular weight is 223 g/mol. The maximum atomic E-state index is 4.21. The lowest BCUT2D eigenvalue weighted by Crippen LogP contribution is -2.34. The van der Waals surface area contributed by atoms with E-state index in [2.05, 4.69) is 15.2 Å². The van der Waals surface area contributed by atoms with Crippen molar-refractivity contribution in [3.63, 3.8) is 0 Å². The number of aromatic nitrogens is 1. The summed E-state index contributed by atoms with van der Waals surface area (Å²) in [7, 11) is 0. The van der Waals surface area contributed by atoms with Crippen LogP contribution in [0, 0.1) is 0 Å². The molecule has 3 rings (SSSR count). The van der Waals surface area contributed by atoms with E-state index >= 15 is 0 Å². The van der Waals surface area contributed by atoms with E-state index in [-0.39, 0.29) is 0 Å². The van der Waals surface area contributed by atoms with Gasteiger partial charge in [0, 0.05) is 23.7 Å². The highest BCUT2D eigenvalue weighted by molar-refractivity contribution is 7.09. The van der Waals surface area contributed by atoms with Gasteiger partial charge < -0.3 is 5.32 Å². The molecule has 0 amide bonds. The van der Waals surface area contributed by atoms with Crippen LogP contribution in [0.1, 0.15) is 30.2 Å². The van der Waals surface area contributed by atoms with Crippen LogP contribution in [0.5, 0.6) is 0 Å². The fourth-order valence-electron chi connectivity index (χ4n) is 2.86. The molecule has 1 N–H and O–H groups in total. The number of fused-ring (bicyclic) bond motifs is 1. The van der Waals surface area contributed by atoms with Crippen LogP contribution >= 0.6 is 11.3 Å². The summed E-state index contributed by atoms with van der Waals surface area (Å²) in [5, 5.41) is 3.55. The standard InChI is InChI=1S/C11H17N3S/c1-2-9-3-4-12-6-10(14(9)5-1)11-7-13-8-15-11/h7-10,12H,1-6H2. The highest BCUT2D eigenvalue weighted by Crippen LogP contribution is 2.33. The first-order valence-electron chi connectivity index (χ1n) is 5.80. The van der Waals surface area contributed by atoms with Gasteiger partial charge in [-0.1, -0.05) is 0 Å². The van der Waals surface area contributed by atoms with E-state index in [1.54, 1.807) is 11.3 Å². The Kier molecular flexibility index (Phi) is 2.73. The molecule has 2 unspecified atom stereocenters. The molecule has 3 heterocycles. The van der Waals surface area contributed by atoms with E-state index < -0.39 is 0 Å². The molecule has 15 heavy (non-hydrogen) atoms. The van der Waals surface area contributed by atoms with Crippen LogP contribution in [0.3, 0.4) is 0 Å². The van der Waals surface area contributed by atoms with Gasteiger partial charge in [0.2, 0.25) is 0 Å². The van der Waals surface area contributed by atoms with Crippen molar-refractivity contribution in [3.8, 4) is 0 Å². The van der Waals surface area contributed by atoms with Crippen LogP contribution in [0.25, 0.3) is 0 Å². The van der Waals surface area contributed by atoms with Gasteiger partial charge in [0.05, 0.1) is 11.6 Å². The Balaban J connectivity index is 1.85. The molecule has 4 heteroatoms. The quantitative estimate of drug-likeness (QED) is 0.784. The summed E-state index contributed by atoms with van der Waals surface area (Å²) in [4.78, 5) is 8.32. The van der Waals surface area contributed by atoms with Crippen molar-refractivity contribution in [1.29, 1.82) is 0 Å². The number of thiazole rings is 1. The average Bonchev–Trinajstić information content (AvgIpc) is 2.88. The van der Waals surface area contributed by atoms with Crippen LogP contribution in [0.4, 0.5) is 0 Å². The molecular formula is C11H17N3S.